The minimum Gasteiger partial charge on any atom is -0.322 e. The van der Waals surface area contributed by atoms with Crippen LogP contribution in [0, 0.1) is 12.8 Å². The van der Waals surface area contributed by atoms with Crippen molar-refractivity contribution >= 4 is 5.91 Å². The molecule has 1 N–H and O–H groups in total. The quantitative estimate of drug-likeness (QED) is 0.894. The molecule has 0 bridgehead atoms. The molecular formula is C17H26N2O. The zero-order valence-electron chi connectivity index (χ0n) is 13.0. The number of hydrogen-bond donors (Lipinski definition) is 1. The van der Waals surface area contributed by atoms with Gasteiger partial charge in [0.05, 0.1) is 6.04 Å². The number of benzene rings is 1. The molecule has 0 aromatic heterocycles. The third-order valence-electron chi connectivity index (χ3n) is 4.04. The normalized spacial score (nSPS) is 22.9. The molecule has 1 saturated heterocycles. The second-order valence-electron chi connectivity index (χ2n) is 6.22. The largest absolute Gasteiger partial charge is 0.322 e. The van der Waals surface area contributed by atoms with Crippen LogP contribution < -0.4 is 5.32 Å². The smallest absolute Gasteiger partial charge is 0.241 e. The van der Waals surface area contributed by atoms with Crippen molar-refractivity contribution in [2.45, 2.75) is 52.7 Å². The number of amides is 1. The summed E-state index contributed by atoms with van der Waals surface area (Å²) in [7, 11) is 0. The van der Waals surface area contributed by atoms with E-state index in [-0.39, 0.29) is 18.1 Å². The van der Waals surface area contributed by atoms with Crippen LogP contribution in [0.25, 0.3) is 0 Å². The van der Waals surface area contributed by atoms with Crippen LogP contribution in [0.1, 0.15) is 50.9 Å². The average Bonchev–Trinajstić information content (AvgIpc) is 2.67. The van der Waals surface area contributed by atoms with Crippen LogP contribution >= 0.6 is 0 Å². The molecule has 1 aromatic rings. The fourth-order valence-corrected chi connectivity index (χ4v) is 2.83. The van der Waals surface area contributed by atoms with E-state index in [0.717, 1.165) is 13.0 Å². The van der Waals surface area contributed by atoms with Gasteiger partial charge in [0, 0.05) is 6.54 Å². The number of nitrogens with one attached hydrogen (secondary N) is 1. The molecule has 1 fully saturated rings. The minimum absolute atomic E-state index is 0.0332. The van der Waals surface area contributed by atoms with Crippen LogP contribution in [0.4, 0.5) is 0 Å². The number of nitrogens with zero attached hydrogens (tertiary/aromatic N) is 1. The van der Waals surface area contributed by atoms with Crippen LogP contribution in [0.3, 0.4) is 0 Å². The monoisotopic (exact) mass is 274 g/mol. The Labute approximate surface area is 122 Å². The third kappa shape index (κ3) is 3.21. The summed E-state index contributed by atoms with van der Waals surface area (Å²) in [5.74, 6) is 0.914. The molecule has 0 spiro atoms. The average molecular weight is 274 g/mol. The van der Waals surface area contributed by atoms with E-state index < -0.39 is 0 Å². The van der Waals surface area contributed by atoms with E-state index in [4.69, 9.17) is 0 Å². The molecule has 0 saturated carbocycles. The van der Waals surface area contributed by atoms with Crippen molar-refractivity contribution in [2.24, 2.45) is 5.92 Å². The maximum absolute atomic E-state index is 12.3. The molecular weight excluding hydrogens is 248 g/mol. The molecule has 1 aromatic carbocycles. The number of hydrogen-bond acceptors (Lipinski definition) is 2. The Kier molecular flexibility index (Phi) is 4.81. The number of aryl methyl sites for hydroxylation is 1. The van der Waals surface area contributed by atoms with Gasteiger partial charge in [0.1, 0.15) is 6.17 Å². The van der Waals surface area contributed by atoms with Crippen molar-refractivity contribution in [1.29, 1.82) is 0 Å². The number of carbonyl (C=O) groups is 1. The van der Waals surface area contributed by atoms with Gasteiger partial charge < -0.3 is 4.90 Å². The molecule has 1 amide bonds. The molecule has 2 unspecified atom stereocenters. The molecule has 1 heterocycles. The SMILES string of the molecule is Cc1ccccc1C1NC(C)C(=O)N1CCCC(C)C. The van der Waals surface area contributed by atoms with Gasteiger partial charge in [0.2, 0.25) is 5.91 Å². The van der Waals surface area contributed by atoms with Gasteiger partial charge in [-0.1, -0.05) is 38.1 Å². The van der Waals surface area contributed by atoms with Crippen molar-refractivity contribution < 1.29 is 4.79 Å². The lowest BCUT2D eigenvalue weighted by molar-refractivity contribution is -0.129. The van der Waals surface area contributed by atoms with E-state index in [1.165, 1.54) is 17.5 Å². The van der Waals surface area contributed by atoms with Crippen LogP contribution in [0.5, 0.6) is 0 Å². The Balaban J connectivity index is 2.13. The van der Waals surface area contributed by atoms with E-state index in [2.05, 4.69) is 38.2 Å². The highest BCUT2D eigenvalue weighted by Gasteiger charge is 2.36. The van der Waals surface area contributed by atoms with Gasteiger partial charge in [-0.2, -0.15) is 0 Å². The van der Waals surface area contributed by atoms with E-state index in [1.54, 1.807) is 0 Å². The standard InChI is InChI=1S/C17H26N2O/c1-12(2)8-7-11-19-16(18-14(4)17(19)20)15-10-6-5-9-13(15)3/h5-6,9-10,12,14,16,18H,7-8,11H2,1-4H3. The lowest BCUT2D eigenvalue weighted by Gasteiger charge is -2.26. The zero-order valence-corrected chi connectivity index (χ0v) is 13.0. The Morgan fingerprint density at radius 1 is 1.30 bits per heavy atom. The van der Waals surface area contributed by atoms with E-state index in [0.29, 0.717) is 5.92 Å². The maximum atomic E-state index is 12.3. The van der Waals surface area contributed by atoms with Gasteiger partial charge in [-0.3, -0.25) is 10.1 Å². The lowest BCUT2D eigenvalue weighted by atomic mass is 10.0. The maximum Gasteiger partial charge on any atom is 0.241 e. The summed E-state index contributed by atoms with van der Waals surface area (Å²) in [6, 6.07) is 8.23. The van der Waals surface area contributed by atoms with Crippen molar-refractivity contribution in [3.8, 4) is 0 Å². The van der Waals surface area contributed by atoms with Crippen LogP contribution in [-0.4, -0.2) is 23.4 Å². The van der Waals surface area contributed by atoms with Gasteiger partial charge >= 0.3 is 0 Å². The highest BCUT2D eigenvalue weighted by molar-refractivity contribution is 5.84. The first-order chi connectivity index (χ1) is 9.50. The van der Waals surface area contributed by atoms with Crippen LogP contribution in [0.2, 0.25) is 0 Å². The second kappa shape index (κ2) is 6.40. The van der Waals surface area contributed by atoms with Crippen molar-refractivity contribution in [1.82, 2.24) is 10.2 Å². The van der Waals surface area contributed by atoms with Crippen LogP contribution in [0.15, 0.2) is 24.3 Å². The summed E-state index contributed by atoms with van der Waals surface area (Å²) in [5.41, 5.74) is 2.45. The minimum atomic E-state index is -0.0846. The Morgan fingerprint density at radius 3 is 2.65 bits per heavy atom. The third-order valence-corrected chi connectivity index (χ3v) is 4.04. The summed E-state index contributed by atoms with van der Waals surface area (Å²) in [6.45, 7) is 9.36. The van der Waals surface area contributed by atoms with Gasteiger partial charge in [-0.15, -0.1) is 0 Å². The predicted molar refractivity (Wildman–Crippen MR) is 82.3 cm³/mol. The summed E-state index contributed by atoms with van der Waals surface area (Å²) in [4.78, 5) is 14.3. The highest BCUT2D eigenvalue weighted by Crippen LogP contribution is 2.28. The predicted octanol–water partition coefficient (Wildman–Crippen LogP) is 3.25. The second-order valence-corrected chi connectivity index (χ2v) is 6.22. The fraction of sp³-hybridized carbons (Fsp3) is 0.588. The molecule has 2 rings (SSSR count). The van der Waals surface area contributed by atoms with Gasteiger partial charge in [-0.05, 0) is 43.7 Å². The molecule has 3 heteroatoms. The Bertz CT molecular complexity index is 470. The van der Waals surface area contributed by atoms with Crippen LogP contribution in [-0.2, 0) is 4.79 Å². The van der Waals surface area contributed by atoms with Crippen molar-refractivity contribution in [2.75, 3.05) is 6.54 Å². The molecule has 2 atom stereocenters. The summed E-state index contributed by atoms with van der Waals surface area (Å²) in [6.07, 6.45) is 2.27. The molecule has 1 aliphatic rings. The van der Waals surface area contributed by atoms with E-state index in [1.807, 2.05) is 24.0 Å². The van der Waals surface area contributed by atoms with E-state index in [9.17, 15) is 4.79 Å². The van der Waals surface area contributed by atoms with Crippen molar-refractivity contribution in [3.05, 3.63) is 35.4 Å². The van der Waals surface area contributed by atoms with Gasteiger partial charge in [-0.25, -0.2) is 0 Å². The first-order valence-corrected chi connectivity index (χ1v) is 7.62. The molecule has 0 radical (unpaired) electrons. The Morgan fingerprint density at radius 2 is 2.00 bits per heavy atom. The fourth-order valence-electron chi connectivity index (χ4n) is 2.83. The molecule has 20 heavy (non-hydrogen) atoms. The lowest BCUT2D eigenvalue weighted by Crippen LogP contribution is -2.32. The molecule has 110 valence electrons. The van der Waals surface area contributed by atoms with Gasteiger partial charge in [0.15, 0.2) is 0 Å². The zero-order chi connectivity index (χ0) is 14.7. The first kappa shape index (κ1) is 15.0. The summed E-state index contributed by atoms with van der Waals surface area (Å²) >= 11 is 0. The van der Waals surface area contributed by atoms with E-state index >= 15 is 0 Å². The highest BCUT2D eigenvalue weighted by atomic mass is 16.2. The number of carbonyl (C=O) groups excluding carboxylic acids is 1. The topological polar surface area (TPSA) is 32.3 Å². The molecule has 3 nitrogen and oxygen atoms in total. The Hall–Kier alpha value is -1.35. The molecule has 1 aliphatic heterocycles. The summed E-state index contributed by atoms with van der Waals surface area (Å²) < 4.78 is 0. The number of rotatable bonds is 5. The van der Waals surface area contributed by atoms with Gasteiger partial charge in [0.25, 0.3) is 0 Å². The first-order valence-electron chi connectivity index (χ1n) is 7.62. The summed E-state index contributed by atoms with van der Waals surface area (Å²) in [5, 5.41) is 3.43. The van der Waals surface area contributed by atoms with Crippen molar-refractivity contribution in [3.63, 3.8) is 0 Å². The molecule has 0 aliphatic carbocycles.